The number of carbonyl (C=O) groups is 1. The quantitative estimate of drug-likeness (QED) is 0.474. The number of nitro groups is 1. The van der Waals surface area contributed by atoms with E-state index in [4.69, 9.17) is 0 Å². The molecule has 0 atom stereocenters. The molecule has 2 rings (SSSR count). The number of rotatable bonds is 3. The largest absolute Gasteiger partial charge is 0.289 e. The number of hydrogen-bond acceptors (Lipinski definition) is 3. The van der Waals surface area contributed by atoms with Gasteiger partial charge in [-0.2, -0.15) is 0 Å². The van der Waals surface area contributed by atoms with Crippen LogP contribution in [-0.2, 0) is 0 Å². The van der Waals surface area contributed by atoms with E-state index in [1.54, 1.807) is 0 Å². The van der Waals surface area contributed by atoms with Crippen LogP contribution in [0.4, 0.5) is 10.1 Å². The van der Waals surface area contributed by atoms with Crippen LogP contribution < -0.4 is 0 Å². The lowest BCUT2D eigenvalue weighted by atomic mass is 10.0. The maximum atomic E-state index is 12.7. The van der Waals surface area contributed by atoms with Crippen molar-refractivity contribution in [2.75, 3.05) is 0 Å². The molecule has 0 unspecified atom stereocenters. The van der Waals surface area contributed by atoms with Gasteiger partial charge in [-0.15, -0.1) is 0 Å². The molecule has 0 fully saturated rings. The second-order valence-corrected chi connectivity index (χ2v) is 3.64. The van der Waals surface area contributed by atoms with E-state index in [1.165, 1.54) is 48.5 Å². The van der Waals surface area contributed by atoms with Crippen molar-refractivity contribution in [3.05, 3.63) is 75.6 Å². The molecule has 0 aliphatic rings. The molecule has 0 saturated carbocycles. The van der Waals surface area contributed by atoms with Gasteiger partial charge in [-0.3, -0.25) is 14.9 Å². The Morgan fingerprint density at radius 3 is 2.33 bits per heavy atom. The summed E-state index contributed by atoms with van der Waals surface area (Å²) in [6.07, 6.45) is 0. The average Bonchev–Trinajstić information content (AvgIpc) is 2.39. The molecule has 0 saturated heterocycles. The predicted octanol–water partition coefficient (Wildman–Crippen LogP) is 2.96. The molecule has 2 aromatic carbocycles. The number of nitro benzene ring substituents is 1. The van der Waals surface area contributed by atoms with Gasteiger partial charge in [0.1, 0.15) is 5.82 Å². The van der Waals surface area contributed by atoms with Crippen molar-refractivity contribution < 1.29 is 14.1 Å². The smallest absolute Gasteiger partial charge is 0.270 e. The summed E-state index contributed by atoms with van der Waals surface area (Å²) in [4.78, 5) is 22.0. The molecule has 0 spiro atoms. The summed E-state index contributed by atoms with van der Waals surface area (Å²) < 4.78 is 12.7. The van der Waals surface area contributed by atoms with Gasteiger partial charge in [-0.25, -0.2) is 4.39 Å². The number of nitrogens with zero attached hydrogens (tertiary/aromatic N) is 1. The molecular weight excluding hydrogens is 237 g/mol. The SMILES string of the molecule is O=C(c1ccc(F)cc1)c1cccc([N+](=O)[O-])c1. The summed E-state index contributed by atoms with van der Waals surface area (Å²) in [6, 6.07) is 10.5. The first-order valence-corrected chi connectivity index (χ1v) is 5.12. The Labute approximate surface area is 102 Å². The zero-order chi connectivity index (χ0) is 13.1. The molecule has 0 N–H and O–H groups in total. The van der Waals surface area contributed by atoms with Gasteiger partial charge in [0, 0.05) is 23.3 Å². The maximum absolute atomic E-state index is 12.7. The Hall–Kier alpha value is -2.56. The molecule has 18 heavy (non-hydrogen) atoms. The standard InChI is InChI=1S/C13H8FNO3/c14-11-6-4-9(5-7-11)13(16)10-2-1-3-12(8-10)15(17)18/h1-8H. The first-order valence-electron chi connectivity index (χ1n) is 5.12. The fourth-order valence-electron chi connectivity index (χ4n) is 1.53. The van der Waals surface area contributed by atoms with Gasteiger partial charge in [0.25, 0.3) is 5.69 Å². The van der Waals surface area contributed by atoms with Crippen LogP contribution in [0.3, 0.4) is 0 Å². The zero-order valence-electron chi connectivity index (χ0n) is 9.17. The van der Waals surface area contributed by atoms with Gasteiger partial charge in [-0.1, -0.05) is 12.1 Å². The van der Waals surface area contributed by atoms with Crippen molar-refractivity contribution in [1.29, 1.82) is 0 Å². The monoisotopic (exact) mass is 245 g/mol. The molecule has 0 aromatic heterocycles. The summed E-state index contributed by atoms with van der Waals surface area (Å²) in [5, 5.41) is 10.6. The van der Waals surface area contributed by atoms with Crippen LogP contribution in [-0.4, -0.2) is 10.7 Å². The number of ketones is 1. The number of halogens is 1. The Morgan fingerprint density at radius 1 is 1.06 bits per heavy atom. The molecule has 0 radical (unpaired) electrons. The average molecular weight is 245 g/mol. The first-order chi connectivity index (χ1) is 8.58. The number of carbonyl (C=O) groups excluding carboxylic acids is 1. The molecule has 0 heterocycles. The number of non-ortho nitro benzene ring substituents is 1. The second-order valence-electron chi connectivity index (χ2n) is 3.64. The van der Waals surface area contributed by atoms with Gasteiger partial charge in [-0.05, 0) is 24.3 Å². The van der Waals surface area contributed by atoms with E-state index >= 15 is 0 Å². The van der Waals surface area contributed by atoms with Crippen molar-refractivity contribution in [2.45, 2.75) is 0 Å². The molecule has 4 nitrogen and oxygen atoms in total. The number of hydrogen-bond donors (Lipinski definition) is 0. The lowest BCUT2D eigenvalue weighted by Crippen LogP contribution is -2.02. The Kier molecular flexibility index (Phi) is 3.14. The Balaban J connectivity index is 2.37. The third kappa shape index (κ3) is 2.40. The highest BCUT2D eigenvalue weighted by atomic mass is 19.1. The first kappa shape index (κ1) is 11.9. The van der Waals surface area contributed by atoms with Crippen molar-refractivity contribution in [2.24, 2.45) is 0 Å². The van der Waals surface area contributed by atoms with Gasteiger partial charge in [0.2, 0.25) is 0 Å². The zero-order valence-corrected chi connectivity index (χ0v) is 9.17. The second kappa shape index (κ2) is 4.75. The van der Waals surface area contributed by atoms with Gasteiger partial charge >= 0.3 is 0 Å². The third-order valence-electron chi connectivity index (χ3n) is 2.43. The molecule has 0 bridgehead atoms. The van der Waals surface area contributed by atoms with Crippen LogP contribution in [0.5, 0.6) is 0 Å². The van der Waals surface area contributed by atoms with E-state index in [-0.39, 0.29) is 22.6 Å². The summed E-state index contributed by atoms with van der Waals surface area (Å²) in [6.45, 7) is 0. The Bertz CT molecular complexity index is 608. The minimum Gasteiger partial charge on any atom is -0.289 e. The fourth-order valence-corrected chi connectivity index (χ4v) is 1.53. The molecule has 0 amide bonds. The number of benzene rings is 2. The molecule has 5 heteroatoms. The highest BCUT2D eigenvalue weighted by molar-refractivity contribution is 6.09. The van der Waals surface area contributed by atoms with E-state index < -0.39 is 10.7 Å². The van der Waals surface area contributed by atoms with E-state index in [0.29, 0.717) is 0 Å². The van der Waals surface area contributed by atoms with Crippen LogP contribution in [0.25, 0.3) is 0 Å². The molecule has 0 aliphatic heterocycles. The Morgan fingerprint density at radius 2 is 1.72 bits per heavy atom. The maximum Gasteiger partial charge on any atom is 0.270 e. The summed E-state index contributed by atoms with van der Waals surface area (Å²) in [5.41, 5.74) is 0.343. The third-order valence-corrected chi connectivity index (χ3v) is 2.43. The van der Waals surface area contributed by atoms with Gasteiger partial charge < -0.3 is 0 Å². The van der Waals surface area contributed by atoms with E-state index in [0.717, 1.165) is 0 Å². The van der Waals surface area contributed by atoms with Crippen LogP contribution in [0.15, 0.2) is 48.5 Å². The minimum atomic E-state index is -0.568. The predicted molar refractivity (Wildman–Crippen MR) is 62.9 cm³/mol. The van der Waals surface area contributed by atoms with E-state index in [1.807, 2.05) is 0 Å². The van der Waals surface area contributed by atoms with E-state index in [2.05, 4.69) is 0 Å². The summed E-state index contributed by atoms with van der Waals surface area (Å²) in [7, 11) is 0. The van der Waals surface area contributed by atoms with Gasteiger partial charge in [0.05, 0.1) is 4.92 Å². The summed E-state index contributed by atoms with van der Waals surface area (Å²) in [5.74, 6) is -0.815. The van der Waals surface area contributed by atoms with Crippen LogP contribution >= 0.6 is 0 Å². The van der Waals surface area contributed by atoms with Crippen LogP contribution in [0, 0.1) is 15.9 Å². The highest BCUT2D eigenvalue weighted by Crippen LogP contribution is 2.16. The van der Waals surface area contributed by atoms with Crippen molar-refractivity contribution >= 4 is 11.5 Å². The van der Waals surface area contributed by atoms with Gasteiger partial charge in [0.15, 0.2) is 5.78 Å². The molecule has 2 aromatic rings. The molecular formula is C13H8FNO3. The molecule has 90 valence electrons. The normalized spacial score (nSPS) is 10.1. The summed E-state index contributed by atoms with van der Waals surface area (Å²) >= 11 is 0. The van der Waals surface area contributed by atoms with Crippen LogP contribution in [0.2, 0.25) is 0 Å². The minimum absolute atomic E-state index is 0.150. The lowest BCUT2D eigenvalue weighted by molar-refractivity contribution is -0.384. The topological polar surface area (TPSA) is 60.2 Å². The van der Waals surface area contributed by atoms with Crippen molar-refractivity contribution in [3.8, 4) is 0 Å². The van der Waals surface area contributed by atoms with Crippen molar-refractivity contribution in [3.63, 3.8) is 0 Å². The molecule has 0 aliphatic carbocycles. The fraction of sp³-hybridized carbons (Fsp3) is 0. The van der Waals surface area contributed by atoms with Crippen LogP contribution in [0.1, 0.15) is 15.9 Å². The highest BCUT2D eigenvalue weighted by Gasteiger charge is 2.13. The van der Waals surface area contributed by atoms with Crippen molar-refractivity contribution in [1.82, 2.24) is 0 Å². The van der Waals surface area contributed by atoms with E-state index in [9.17, 15) is 19.3 Å². The lowest BCUT2D eigenvalue weighted by Gasteiger charge is -2.01.